The van der Waals surface area contributed by atoms with Crippen LogP contribution in [-0.4, -0.2) is 15.8 Å². The summed E-state index contributed by atoms with van der Waals surface area (Å²) in [6.07, 6.45) is 1.55. The molecule has 2 aromatic carbocycles. The number of aryl methyl sites for hydroxylation is 1. The number of carbonyl (C=O) groups is 1. The van der Waals surface area contributed by atoms with E-state index in [1.165, 1.54) is 12.1 Å². The van der Waals surface area contributed by atoms with Gasteiger partial charge in [0.05, 0.1) is 15.5 Å². The highest BCUT2D eigenvalue weighted by atomic mass is 35.5. The van der Waals surface area contributed by atoms with Gasteiger partial charge in [0, 0.05) is 18.3 Å². The van der Waals surface area contributed by atoms with Crippen molar-refractivity contribution in [1.29, 1.82) is 0 Å². The Hall–Kier alpha value is -3.45. The second kappa shape index (κ2) is 8.06. The SMILES string of the molecule is Cc1cccc(Oc2ncccc2NC(=O)c2ccc([N+](=O)[O-])cc2Cl)c1C. The largest absolute Gasteiger partial charge is 0.437 e. The second-order valence-corrected chi connectivity index (χ2v) is 6.44. The molecule has 0 aliphatic heterocycles. The molecule has 1 amide bonds. The Balaban J connectivity index is 1.86. The topological polar surface area (TPSA) is 94.4 Å². The number of anilines is 1. The molecule has 8 heteroatoms. The average molecular weight is 398 g/mol. The molecular formula is C20H16ClN3O4. The van der Waals surface area contributed by atoms with Crippen LogP contribution in [0.25, 0.3) is 0 Å². The molecule has 0 bridgehead atoms. The second-order valence-electron chi connectivity index (χ2n) is 6.03. The lowest BCUT2D eigenvalue weighted by Gasteiger charge is -2.13. The van der Waals surface area contributed by atoms with E-state index in [1.807, 2.05) is 32.0 Å². The summed E-state index contributed by atoms with van der Waals surface area (Å²) in [7, 11) is 0. The van der Waals surface area contributed by atoms with E-state index in [2.05, 4.69) is 10.3 Å². The molecule has 7 nitrogen and oxygen atoms in total. The van der Waals surface area contributed by atoms with Crippen LogP contribution in [0.2, 0.25) is 5.02 Å². The van der Waals surface area contributed by atoms with Gasteiger partial charge in [0.25, 0.3) is 11.6 Å². The standard InChI is InChI=1S/C20H16ClN3O4/c1-12-5-3-7-18(13(12)2)28-20-17(6-4-10-22-20)23-19(25)15-9-8-14(24(26)27)11-16(15)21/h3-11H,1-2H3,(H,23,25). The average Bonchev–Trinajstić information content (AvgIpc) is 2.66. The predicted octanol–water partition coefficient (Wildman–Crippen LogP) is 5.30. The van der Waals surface area contributed by atoms with Gasteiger partial charge in [-0.1, -0.05) is 23.7 Å². The number of nitrogens with zero attached hydrogens (tertiary/aromatic N) is 2. The molecule has 0 fully saturated rings. The van der Waals surface area contributed by atoms with Crippen molar-refractivity contribution in [2.75, 3.05) is 5.32 Å². The number of nitrogens with one attached hydrogen (secondary N) is 1. The fraction of sp³-hybridized carbons (Fsp3) is 0.100. The van der Waals surface area contributed by atoms with E-state index in [9.17, 15) is 14.9 Å². The van der Waals surface area contributed by atoms with Crippen LogP contribution < -0.4 is 10.1 Å². The number of benzene rings is 2. The molecule has 1 heterocycles. The molecule has 3 aromatic rings. The minimum atomic E-state index is -0.579. The molecule has 0 aliphatic carbocycles. The molecule has 1 aromatic heterocycles. The van der Waals surface area contributed by atoms with Gasteiger partial charge in [-0.3, -0.25) is 14.9 Å². The molecule has 142 valence electrons. The third-order valence-electron chi connectivity index (χ3n) is 4.19. The number of pyridine rings is 1. The van der Waals surface area contributed by atoms with Gasteiger partial charge in [0.2, 0.25) is 5.88 Å². The van der Waals surface area contributed by atoms with Gasteiger partial charge >= 0.3 is 0 Å². The van der Waals surface area contributed by atoms with E-state index >= 15 is 0 Å². The number of nitro benzene ring substituents is 1. The Morgan fingerprint density at radius 3 is 2.68 bits per heavy atom. The number of carbonyl (C=O) groups excluding carboxylic acids is 1. The molecule has 0 spiro atoms. The highest BCUT2D eigenvalue weighted by molar-refractivity contribution is 6.34. The normalized spacial score (nSPS) is 10.4. The Morgan fingerprint density at radius 1 is 1.18 bits per heavy atom. The first-order chi connectivity index (χ1) is 13.4. The lowest BCUT2D eigenvalue weighted by molar-refractivity contribution is -0.384. The number of hydrogen-bond donors (Lipinski definition) is 1. The lowest BCUT2D eigenvalue weighted by atomic mass is 10.1. The molecule has 0 atom stereocenters. The Labute approximate surface area is 166 Å². The fourth-order valence-corrected chi connectivity index (χ4v) is 2.76. The van der Waals surface area contributed by atoms with Crippen molar-refractivity contribution in [3.05, 3.63) is 86.6 Å². The maximum absolute atomic E-state index is 12.6. The van der Waals surface area contributed by atoms with Gasteiger partial charge in [-0.2, -0.15) is 0 Å². The van der Waals surface area contributed by atoms with Gasteiger partial charge in [0.15, 0.2) is 0 Å². The first-order valence-electron chi connectivity index (χ1n) is 8.31. The Kier molecular flexibility index (Phi) is 5.56. The molecule has 28 heavy (non-hydrogen) atoms. The van der Waals surface area contributed by atoms with E-state index in [4.69, 9.17) is 16.3 Å². The van der Waals surface area contributed by atoms with Crippen molar-refractivity contribution < 1.29 is 14.5 Å². The van der Waals surface area contributed by atoms with Crippen molar-refractivity contribution in [1.82, 2.24) is 4.98 Å². The molecule has 0 saturated carbocycles. The number of aromatic nitrogens is 1. The van der Waals surface area contributed by atoms with Crippen LogP contribution in [-0.2, 0) is 0 Å². The van der Waals surface area contributed by atoms with Crippen LogP contribution in [0.5, 0.6) is 11.6 Å². The number of hydrogen-bond acceptors (Lipinski definition) is 5. The number of amides is 1. The summed E-state index contributed by atoms with van der Waals surface area (Å²) in [6.45, 7) is 3.91. The van der Waals surface area contributed by atoms with Crippen molar-refractivity contribution in [2.24, 2.45) is 0 Å². The van der Waals surface area contributed by atoms with Crippen LogP contribution in [0.1, 0.15) is 21.5 Å². The zero-order valence-corrected chi connectivity index (χ0v) is 15.9. The molecule has 3 rings (SSSR count). The van der Waals surface area contributed by atoms with Crippen molar-refractivity contribution >= 4 is 28.9 Å². The van der Waals surface area contributed by atoms with Crippen LogP contribution >= 0.6 is 11.6 Å². The van der Waals surface area contributed by atoms with Crippen molar-refractivity contribution in [3.8, 4) is 11.6 Å². The monoisotopic (exact) mass is 397 g/mol. The maximum atomic E-state index is 12.6. The molecular weight excluding hydrogens is 382 g/mol. The lowest BCUT2D eigenvalue weighted by Crippen LogP contribution is -2.13. The third-order valence-corrected chi connectivity index (χ3v) is 4.50. The highest BCUT2D eigenvalue weighted by Crippen LogP contribution is 2.31. The number of halogens is 1. The number of non-ortho nitro benzene ring substituents is 1. The summed E-state index contributed by atoms with van der Waals surface area (Å²) >= 11 is 6.03. The Morgan fingerprint density at radius 2 is 1.96 bits per heavy atom. The minimum Gasteiger partial charge on any atom is -0.437 e. The summed E-state index contributed by atoms with van der Waals surface area (Å²) < 4.78 is 5.89. The van der Waals surface area contributed by atoms with E-state index in [0.29, 0.717) is 11.4 Å². The van der Waals surface area contributed by atoms with E-state index < -0.39 is 10.8 Å². The van der Waals surface area contributed by atoms with Gasteiger partial charge in [-0.25, -0.2) is 4.98 Å². The molecule has 0 saturated heterocycles. The number of ether oxygens (including phenoxy) is 1. The molecule has 0 unspecified atom stereocenters. The van der Waals surface area contributed by atoms with Crippen LogP contribution in [0, 0.1) is 24.0 Å². The first-order valence-corrected chi connectivity index (χ1v) is 8.69. The first kappa shape index (κ1) is 19.3. The minimum absolute atomic E-state index is 0.0208. The predicted molar refractivity (Wildman–Crippen MR) is 106 cm³/mol. The van der Waals surface area contributed by atoms with Crippen molar-refractivity contribution in [3.63, 3.8) is 0 Å². The number of rotatable bonds is 5. The van der Waals surface area contributed by atoms with Gasteiger partial charge < -0.3 is 10.1 Å². The van der Waals surface area contributed by atoms with E-state index in [0.717, 1.165) is 17.2 Å². The zero-order valence-electron chi connectivity index (χ0n) is 15.1. The summed E-state index contributed by atoms with van der Waals surface area (Å²) in [5, 5.41) is 13.5. The van der Waals surface area contributed by atoms with Crippen LogP contribution in [0.3, 0.4) is 0 Å². The zero-order chi connectivity index (χ0) is 20.3. The van der Waals surface area contributed by atoms with E-state index in [-0.39, 0.29) is 22.2 Å². The smallest absolute Gasteiger partial charge is 0.270 e. The molecule has 0 radical (unpaired) electrons. The van der Waals surface area contributed by atoms with E-state index in [1.54, 1.807) is 18.3 Å². The molecule has 0 aliphatic rings. The van der Waals surface area contributed by atoms with Crippen LogP contribution in [0.15, 0.2) is 54.7 Å². The van der Waals surface area contributed by atoms with Crippen molar-refractivity contribution in [2.45, 2.75) is 13.8 Å². The van der Waals surface area contributed by atoms with Gasteiger partial charge in [-0.15, -0.1) is 0 Å². The summed E-state index contributed by atoms with van der Waals surface area (Å²) in [5.74, 6) is 0.323. The quantitative estimate of drug-likeness (QED) is 0.465. The maximum Gasteiger partial charge on any atom is 0.270 e. The summed E-state index contributed by atoms with van der Waals surface area (Å²) in [5.41, 5.74) is 2.29. The van der Waals surface area contributed by atoms with Gasteiger partial charge in [0.1, 0.15) is 11.4 Å². The Bertz CT molecular complexity index is 1070. The number of nitro groups is 1. The summed E-state index contributed by atoms with van der Waals surface area (Å²) in [6, 6.07) is 12.6. The van der Waals surface area contributed by atoms with Gasteiger partial charge in [-0.05, 0) is 49.2 Å². The molecule has 1 N–H and O–H groups in total. The third kappa shape index (κ3) is 4.10. The van der Waals surface area contributed by atoms with Crippen LogP contribution in [0.4, 0.5) is 11.4 Å². The highest BCUT2D eigenvalue weighted by Gasteiger charge is 2.17. The fourth-order valence-electron chi connectivity index (χ4n) is 2.50. The summed E-state index contributed by atoms with van der Waals surface area (Å²) in [4.78, 5) is 27.0.